The van der Waals surface area contributed by atoms with Crippen molar-refractivity contribution < 1.29 is 14.3 Å². The summed E-state index contributed by atoms with van der Waals surface area (Å²) in [5.74, 6) is 0.406. The summed E-state index contributed by atoms with van der Waals surface area (Å²) in [4.78, 5) is 12.3. The van der Waals surface area contributed by atoms with Crippen molar-refractivity contribution in [1.82, 2.24) is 0 Å². The summed E-state index contributed by atoms with van der Waals surface area (Å²) in [5, 5.41) is 0. The van der Waals surface area contributed by atoms with Crippen LogP contribution in [0, 0.1) is 5.92 Å². The van der Waals surface area contributed by atoms with Crippen molar-refractivity contribution in [2.24, 2.45) is 5.92 Å². The summed E-state index contributed by atoms with van der Waals surface area (Å²) < 4.78 is 10.7. The zero-order chi connectivity index (χ0) is 16.7. The highest BCUT2D eigenvalue weighted by Gasteiger charge is 2.29. The summed E-state index contributed by atoms with van der Waals surface area (Å²) in [5.41, 5.74) is 2.24. The Bertz CT molecular complexity index is 622. The van der Waals surface area contributed by atoms with E-state index in [2.05, 4.69) is 12.1 Å². The third-order valence-corrected chi connectivity index (χ3v) is 4.10. The van der Waals surface area contributed by atoms with Gasteiger partial charge in [0.2, 0.25) is 0 Å². The van der Waals surface area contributed by atoms with Crippen LogP contribution in [0.25, 0.3) is 0 Å². The van der Waals surface area contributed by atoms with Gasteiger partial charge in [-0.05, 0) is 30.5 Å². The van der Waals surface area contributed by atoms with Crippen molar-refractivity contribution in [3.63, 3.8) is 0 Å². The van der Waals surface area contributed by atoms with E-state index in [9.17, 15) is 4.79 Å². The van der Waals surface area contributed by atoms with E-state index in [0.29, 0.717) is 6.61 Å². The molecular formula is C20H24O3. The molecule has 2 aromatic carbocycles. The molecule has 0 fully saturated rings. The fourth-order valence-electron chi connectivity index (χ4n) is 2.83. The van der Waals surface area contributed by atoms with Gasteiger partial charge >= 0.3 is 5.97 Å². The van der Waals surface area contributed by atoms with Gasteiger partial charge in [-0.15, -0.1) is 0 Å². The van der Waals surface area contributed by atoms with Gasteiger partial charge in [-0.3, -0.25) is 4.79 Å². The van der Waals surface area contributed by atoms with E-state index in [1.807, 2.05) is 56.3 Å². The summed E-state index contributed by atoms with van der Waals surface area (Å²) in [7, 11) is 1.66. The Morgan fingerprint density at radius 3 is 2.35 bits per heavy atom. The first kappa shape index (κ1) is 17.1. The minimum absolute atomic E-state index is 0.00704. The molecule has 23 heavy (non-hydrogen) atoms. The highest BCUT2D eigenvalue weighted by molar-refractivity contribution is 5.73. The van der Waals surface area contributed by atoms with Crippen molar-refractivity contribution >= 4 is 5.97 Å². The first-order valence-electron chi connectivity index (χ1n) is 8.00. The van der Waals surface area contributed by atoms with Crippen molar-refractivity contribution in [3.05, 3.63) is 65.7 Å². The van der Waals surface area contributed by atoms with Crippen LogP contribution in [0.3, 0.4) is 0 Å². The van der Waals surface area contributed by atoms with Crippen LogP contribution in [0.4, 0.5) is 0 Å². The van der Waals surface area contributed by atoms with Gasteiger partial charge in [0, 0.05) is 5.92 Å². The predicted octanol–water partition coefficient (Wildman–Crippen LogP) is 4.22. The number of esters is 1. The van der Waals surface area contributed by atoms with Crippen LogP contribution in [-0.4, -0.2) is 19.7 Å². The fraction of sp³-hybridized carbons (Fsp3) is 0.350. The van der Waals surface area contributed by atoms with E-state index in [1.165, 1.54) is 5.56 Å². The highest BCUT2D eigenvalue weighted by atomic mass is 16.5. The number of carbonyl (C=O) groups is 1. The van der Waals surface area contributed by atoms with Gasteiger partial charge in [0.05, 0.1) is 19.6 Å². The lowest BCUT2D eigenvalue weighted by molar-refractivity contribution is -0.148. The van der Waals surface area contributed by atoms with Crippen LogP contribution in [0.1, 0.15) is 30.9 Å². The molecule has 0 N–H and O–H groups in total. The van der Waals surface area contributed by atoms with Gasteiger partial charge in [0.15, 0.2) is 0 Å². The number of rotatable bonds is 7. The Balaban J connectivity index is 2.36. The van der Waals surface area contributed by atoms with Gasteiger partial charge in [0.1, 0.15) is 5.75 Å². The van der Waals surface area contributed by atoms with Crippen LogP contribution in [0.5, 0.6) is 5.75 Å². The molecule has 0 radical (unpaired) electrons. The van der Waals surface area contributed by atoms with Gasteiger partial charge in [-0.1, -0.05) is 55.5 Å². The molecule has 0 aliphatic rings. The number of methoxy groups -OCH3 is 1. The topological polar surface area (TPSA) is 35.5 Å². The van der Waals surface area contributed by atoms with E-state index < -0.39 is 0 Å². The molecule has 3 nitrogen and oxygen atoms in total. The van der Waals surface area contributed by atoms with Gasteiger partial charge in [-0.25, -0.2) is 0 Å². The second kappa shape index (κ2) is 8.37. The Labute approximate surface area is 138 Å². The third-order valence-electron chi connectivity index (χ3n) is 4.10. The number of benzene rings is 2. The average molecular weight is 312 g/mol. The van der Waals surface area contributed by atoms with E-state index in [1.54, 1.807) is 7.11 Å². The van der Waals surface area contributed by atoms with E-state index in [4.69, 9.17) is 9.47 Å². The second-order valence-corrected chi connectivity index (χ2v) is 5.58. The molecule has 0 aliphatic carbocycles. The van der Waals surface area contributed by atoms with Crippen LogP contribution in [0.2, 0.25) is 0 Å². The quantitative estimate of drug-likeness (QED) is 0.718. The molecule has 0 saturated heterocycles. The lowest BCUT2D eigenvalue weighted by Gasteiger charge is -2.25. The Hall–Kier alpha value is -2.29. The van der Waals surface area contributed by atoms with Crippen molar-refractivity contribution in [1.29, 1.82) is 0 Å². The molecule has 0 bridgehead atoms. The molecular weight excluding hydrogens is 288 g/mol. The smallest absolute Gasteiger partial charge is 0.309 e. The predicted molar refractivity (Wildman–Crippen MR) is 91.7 cm³/mol. The number of hydrogen-bond donors (Lipinski definition) is 0. The van der Waals surface area contributed by atoms with Crippen LogP contribution in [0.15, 0.2) is 54.6 Å². The summed E-state index contributed by atoms with van der Waals surface area (Å²) in [6.45, 7) is 4.16. The van der Waals surface area contributed by atoms with Crippen LogP contribution >= 0.6 is 0 Å². The zero-order valence-corrected chi connectivity index (χ0v) is 14.0. The van der Waals surface area contributed by atoms with Crippen molar-refractivity contribution in [2.75, 3.05) is 13.7 Å². The minimum Gasteiger partial charge on any atom is -0.496 e. The number of hydrogen-bond acceptors (Lipinski definition) is 3. The van der Waals surface area contributed by atoms with Crippen LogP contribution < -0.4 is 4.74 Å². The normalized spacial score (nSPS) is 13.2. The molecule has 122 valence electrons. The van der Waals surface area contributed by atoms with E-state index >= 15 is 0 Å². The first-order chi connectivity index (χ1) is 11.2. The van der Waals surface area contributed by atoms with Gasteiger partial charge < -0.3 is 9.47 Å². The van der Waals surface area contributed by atoms with Crippen molar-refractivity contribution in [3.8, 4) is 5.75 Å². The molecule has 2 atom stereocenters. The lowest BCUT2D eigenvalue weighted by Crippen LogP contribution is -2.24. The third kappa shape index (κ3) is 4.35. The summed E-state index contributed by atoms with van der Waals surface area (Å²) in [6.07, 6.45) is 0.765. The Kier molecular flexibility index (Phi) is 6.21. The molecule has 0 amide bonds. The maximum Gasteiger partial charge on any atom is 0.309 e. The Morgan fingerprint density at radius 1 is 1.04 bits per heavy atom. The average Bonchev–Trinajstić information content (AvgIpc) is 2.60. The molecule has 0 aromatic heterocycles. The van der Waals surface area contributed by atoms with Gasteiger partial charge in [-0.2, -0.15) is 0 Å². The molecule has 2 rings (SSSR count). The molecule has 0 heterocycles. The maximum absolute atomic E-state index is 12.3. The van der Waals surface area contributed by atoms with E-state index in [0.717, 1.165) is 17.7 Å². The molecule has 2 unspecified atom stereocenters. The highest BCUT2D eigenvalue weighted by Crippen LogP contribution is 2.35. The molecule has 0 saturated carbocycles. The number of ether oxygens (including phenoxy) is 2. The zero-order valence-electron chi connectivity index (χ0n) is 14.0. The summed E-state index contributed by atoms with van der Waals surface area (Å²) in [6, 6.07) is 18.1. The van der Waals surface area contributed by atoms with Gasteiger partial charge in [0.25, 0.3) is 0 Å². The molecule has 0 spiro atoms. The Morgan fingerprint density at radius 2 is 1.70 bits per heavy atom. The fourth-order valence-corrected chi connectivity index (χ4v) is 2.83. The number of para-hydroxylation sites is 1. The largest absolute Gasteiger partial charge is 0.496 e. The monoisotopic (exact) mass is 312 g/mol. The maximum atomic E-state index is 12.3. The molecule has 0 aliphatic heterocycles. The minimum atomic E-state index is -0.244. The molecule has 2 aromatic rings. The molecule has 3 heteroatoms. The van der Waals surface area contributed by atoms with E-state index in [-0.39, 0.29) is 17.8 Å². The lowest BCUT2D eigenvalue weighted by atomic mass is 9.82. The first-order valence-corrected chi connectivity index (χ1v) is 8.00. The standard InChI is InChI=1S/C20H24O3/c1-4-23-20(21)15(2)18(14-16-10-6-5-7-11-16)17-12-8-9-13-19(17)22-3/h5-13,15,18H,4,14H2,1-3H3. The summed E-state index contributed by atoms with van der Waals surface area (Å²) >= 11 is 0. The van der Waals surface area contributed by atoms with Crippen LogP contribution in [-0.2, 0) is 16.0 Å². The second-order valence-electron chi connectivity index (χ2n) is 5.58. The number of carbonyl (C=O) groups excluding carboxylic acids is 1. The SMILES string of the molecule is CCOC(=O)C(C)C(Cc1ccccc1)c1ccccc1OC. The van der Waals surface area contributed by atoms with Crippen molar-refractivity contribution in [2.45, 2.75) is 26.2 Å².